The number of benzene rings is 1. The SMILES string of the molecule is C/C(=C\CN1CCC(C)CC1)C(=O)NCC(NC(=O)CCc1nc2ccc(C(C)C)cc2s1)C1CCCCC1. The second-order valence-electron chi connectivity index (χ2n) is 12.1. The number of carbonyl (C=O) groups is 2. The van der Waals surface area contributed by atoms with Crippen molar-refractivity contribution in [2.45, 2.75) is 97.4 Å². The van der Waals surface area contributed by atoms with E-state index in [9.17, 15) is 9.59 Å². The number of thiazole rings is 1. The summed E-state index contributed by atoms with van der Waals surface area (Å²) in [5, 5.41) is 7.43. The number of hydrogen-bond donors (Lipinski definition) is 2. The highest BCUT2D eigenvalue weighted by Gasteiger charge is 2.26. The first-order chi connectivity index (χ1) is 18.8. The number of likely N-dealkylation sites (tertiary alicyclic amines) is 1. The second-order valence-corrected chi connectivity index (χ2v) is 13.3. The lowest BCUT2D eigenvalue weighted by Gasteiger charge is -2.31. The fourth-order valence-corrected chi connectivity index (χ4v) is 6.79. The Morgan fingerprint density at radius 1 is 1.13 bits per heavy atom. The maximum absolute atomic E-state index is 13.0. The van der Waals surface area contributed by atoms with Gasteiger partial charge in [0.05, 0.1) is 15.2 Å². The molecule has 6 nitrogen and oxygen atoms in total. The molecule has 4 rings (SSSR count). The summed E-state index contributed by atoms with van der Waals surface area (Å²) < 4.78 is 1.19. The van der Waals surface area contributed by atoms with Gasteiger partial charge in [0.1, 0.15) is 0 Å². The van der Waals surface area contributed by atoms with Crippen molar-refractivity contribution in [1.82, 2.24) is 20.5 Å². The Morgan fingerprint density at radius 2 is 1.87 bits per heavy atom. The Kier molecular flexibility index (Phi) is 11.0. The summed E-state index contributed by atoms with van der Waals surface area (Å²) in [5.74, 6) is 1.74. The van der Waals surface area contributed by atoms with Crippen LogP contribution in [0.3, 0.4) is 0 Å². The van der Waals surface area contributed by atoms with Gasteiger partial charge in [0.15, 0.2) is 0 Å². The predicted octanol–water partition coefficient (Wildman–Crippen LogP) is 6.21. The number of hydrogen-bond acceptors (Lipinski definition) is 5. The van der Waals surface area contributed by atoms with Gasteiger partial charge in [0.25, 0.3) is 0 Å². The van der Waals surface area contributed by atoms with E-state index in [-0.39, 0.29) is 17.9 Å². The van der Waals surface area contributed by atoms with Gasteiger partial charge in [-0.3, -0.25) is 14.5 Å². The van der Waals surface area contributed by atoms with E-state index < -0.39 is 0 Å². The minimum absolute atomic E-state index is 0.0225. The molecule has 2 N–H and O–H groups in total. The number of fused-ring (bicyclic) bond motifs is 1. The van der Waals surface area contributed by atoms with Crippen LogP contribution >= 0.6 is 11.3 Å². The molecule has 214 valence electrons. The number of piperidine rings is 1. The fraction of sp³-hybridized carbons (Fsp3) is 0.656. The van der Waals surface area contributed by atoms with Crippen LogP contribution in [-0.2, 0) is 16.0 Å². The van der Waals surface area contributed by atoms with Crippen molar-refractivity contribution < 1.29 is 9.59 Å². The molecule has 2 aromatic rings. The molecule has 7 heteroatoms. The van der Waals surface area contributed by atoms with E-state index in [4.69, 9.17) is 4.98 Å². The lowest BCUT2D eigenvalue weighted by atomic mass is 9.83. The van der Waals surface area contributed by atoms with Gasteiger partial charge in [-0.2, -0.15) is 0 Å². The van der Waals surface area contributed by atoms with Gasteiger partial charge in [-0.15, -0.1) is 11.3 Å². The third-order valence-corrected chi connectivity index (χ3v) is 9.71. The molecule has 2 aliphatic rings. The summed E-state index contributed by atoms with van der Waals surface area (Å²) in [4.78, 5) is 33.1. The van der Waals surface area contributed by atoms with Gasteiger partial charge in [0.2, 0.25) is 11.8 Å². The van der Waals surface area contributed by atoms with Crippen molar-refractivity contribution >= 4 is 33.4 Å². The maximum Gasteiger partial charge on any atom is 0.246 e. The van der Waals surface area contributed by atoms with Gasteiger partial charge in [-0.1, -0.05) is 52.2 Å². The summed E-state index contributed by atoms with van der Waals surface area (Å²) in [6.45, 7) is 12.2. The molecule has 1 saturated heterocycles. The van der Waals surface area contributed by atoms with Crippen LogP contribution in [0.4, 0.5) is 0 Å². The largest absolute Gasteiger partial charge is 0.351 e. The molecule has 1 atom stereocenters. The third kappa shape index (κ3) is 8.87. The smallest absolute Gasteiger partial charge is 0.246 e. The van der Waals surface area contributed by atoms with Crippen molar-refractivity contribution in [3.63, 3.8) is 0 Å². The van der Waals surface area contributed by atoms with E-state index in [0.717, 1.165) is 54.5 Å². The molecule has 39 heavy (non-hydrogen) atoms. The number of amides is 2. The topological polar surface area (TPSA) is 74.3 Å². The Morgan fingerprint density at radius 3 is 2.59 bits per heavy atom. The molecule has 1 aromatic heterocycles. The maximum atomic E-state index is 13.0. The molecule has 1 unspecified atom stereocenters. The van der Waals surface area contributed by atoms with E-state index in [1.165, 1.54) is 42.4 Å². The molecule has 0 spiro atoms. The van der Waals surface area contributed by atoms with Crippen LogP contribution in [0.1, 0.15) is 95.6 Å². The average molecular weight is 553 g/mol. The highest BCUT2D eigenvalue weighted by Crippen LogP contribution is 2.28. The molecule has 2 fully saturated rings. The van der Waals surface area contributed by atoms with Crippen molar-refractivity contribution in [2.24, 2.45) is 11.8 Å². The average Bonchev–Trinajstić information content (AvgIpc) is 3.36. The quantitative estimate of drug-likeness (QED) is 0.325. The standard InChI is InChI=1S/C32H48N4O2S/c1-22(2)26-10-11-27-29(20-26)39-31(35-27)13-12-30(37)34-28(25-8-6-5-7-9-25)21-33-32(38)24(4)16-19-36-17-14-23(3)15-18-36/h10-11,16,20,22-23,25,28H,5-9,12-15,17-19,21H2,1-4H3,(H,33,38)(H,34,37)/b24-16+. The lowest BCUT2D eigenvalue weighted by molar-refractivity contribution is -0.123. The Labute approximate surface area is 239 Å². The van der Waals surface area contributed by atoms with Crippen LogP contribution in [0.5, 0.6) is 0 Å². The molecule has 1 saturated carbocycles. The Hall–Kier alpha value is -2.25. The fourth-order valence-electron chi connectivity index (χ4n) is 5.77. The van der Waals surface area contributed by atoms with Crippen LogP contribution < -0.4 is 10.6 Å². The predicted molar refractivity (Wildman–Crippen MR) is 162 cm³/mol. The zero-order valence-corrected chi connectivity index (χ0v) is 25.2. The first kappa shape index (κ1) is 29.7. The normalized spacial score (nSPS) is 18.9. The summed E-state index contributed by atoms with van der Waals surface area (Å²) in [5.41, 5.74) is 3.10. The molecule has 0 radical (unpaired) electrons. The molecule has 1 aliphatic carbocycles. The van der Waals surface area contributed by atoms with Gasteiger partial charge in [-0.25, -0.2) is 4.98 Å². The number of carbonyl (C=O) groups excluding carboxylic acids is 2. The van der Waals surface area contributed by atoms with Crippen molar-refractivity contribution in [1.29, 1.82) is 0 Å². The van der Waals surface area contributed by atoms with Crippen LogP contribution in [0.25, 0.3) is 10.2 Å². The minimum atomic E-state index is -0.0258. The van der Waals surface area contributed by atoms with Crippen LogP contribution in [0, 0.1) is 11.8 Å². The minimum Gasteiger partial charge on any atom is -0.351 e. The summed E-state index contributed by atoms with van der Waals surface area (Å²) in [6, 6.07) is 6.45. The van der Waals surface area contributed by atoms with Gasteiger partial charge in [0, 0.05) is 37.5 Å². The van der Waals surface area contributed by atoms with E-state index in [1.807, 2.05) is 6.92 Å². The van der Waals surface area contributed by atoms with Crippen LogP contribution in [0.15, 0.2) is 29.8 Å². The Balaban J connectivity index is 1.29. The Bertz CT molecular complexity index is 1130. The first-order valence-corrected chi connectivity index (χ1v) is 16.0. The molecule has 1 aromatic carbocycles. The molecular formula is C32H48N4O2S. The summed E-state index contributed by atoms with van der Waals surface area (Å²) in [6.07, 6.45) is 11.5. The van der Waals surface area contributed by atoms with Crippen LogP contribution in [0.2, 0.25) is 0 Å². The number of aromatic nitrogens is 1. The first-order valence-electron chi connectivity index (χ1n) is 15.1. The zero-order valence-electron chi connectivity index (χ0n) is 24.4. The lowest BCUT2D eigenvalue weighted by Crippen LogP contribution is -2.48. The van der Waals surface area contributed by atoms with E-state index in [1.54, 1.807) is 11.3 Å². The number of aryl methyl sites for hydroxylation is 1. The third-order valence-electron chi connectivity index (χ3n) is 8.63. The highest BCUT2D eigenvalue weighted by atomic mass is 32.1. The monoisotopic (exact) mass is 552 g/mol. The molecule has 2 amide bonds. The van der Waals surface area contributed by atoms with Crippen molar-refractivity contribution in [2.75, 3.05) is 26.2 Å². The molecule has 2 heterocycles. The molecule has 1 aliphatic heterocycles. The zero-order chi connectivity index (χ0) is 27.8. The highest BCUT2D eigenvalue weighted by molar-refractivity contribution is 7.18. The van der Waals surface area contributed by atoms with Gasteiger partial charge >= 0.3 is 0 Å². The number of nitrogens with zero attached hydrogens (tertiary/aromatic N) is 2. The molecular weight excluding hydrogens is 504 g/mol. The van der Waals surface area contributed by atoms with E-state index >= 15 is 0 Å². The molecule has 0 bridgehead atoms. The summed E-state index contributed by atoms with van der Waals surface area (Å²) in [7, 11) is 0. The second kappa shape index (κ2) is 14.4. The van der Waals surface area contributed by atoms with Gasteiger partial charge in [-0.05, 0) is 81.1 Å². The van der Waals surface area contributed by atoms with Crippen molar-refractivity contribution in [3.05, 3.63) is 40.4 Å². The summed E-state index contributed by atoms with van der Waals surface area (Å²) >= 11 is 1.69. The van der Waals surface area contributed by atoms with E-state index in [0.29, 0.717) is 31.2 Å². The number of nitrogens with one attached hydrogen (secondary N) is 2. The van der Waals surface area contributed by atoms with Crippen LogP contribution in [-0.4, -0.2) is 53.9 Å². The number of rotatable bonds is 11. The van der Waals surface area contributed by atoms with Gasteiger partial charge < -0.3 is 10.6 Å². The van der Waals surface area contributed by atoms with Crippen molar-refractivity contribution in [3.8, 4) is 0 Å². The van der Waals surface area contributed by atoms with E-state index in [2.05, 4.69) is 60.6 Å².